The normalized spacial score (nSPS) is 17.1. The number of ketones is 1. The summed E-state index contributed by atoms with van der Waals surface area (Å²) in [5.41, 5.74) is 3.94. The summed E-state index contributed by atoms with van der Waals surface area (Å²) in [7, 11) is 1.68. The highest BCUT2D eigenvalue weighted by Crippen LogP contribution is 2.42. The first-order valence-electron chi connectivity index (χ1n) is 12.3. The van der Waals surface area contributed by atoms with Crippen LogP contribution in [0.15, 0.2) is 54.7 Å². The van der Waals surface area contributed by atoms with Gasteiger partial charge in [-0.05, 0) is 63.3 Å². The van der Waals surface area contributed by atoms with Gasteiger partial charge < -0.3 is 10.1 Å². The zero-order chi connectivity index (χ0) is 24.5. The van der Waals surface area contributed by atoms with Gasteiger partial charge in [0.05, 0.1) is 30.5 Å². The van der Waals surface area contributed by atoms with Crippen molar-refractivity contribution < 1.29 is 9.53 Å². The maximum atomic E-state index is 13.8. The minimum Gasteiger partial charge on any atom is -0.497 e. The van der Waals surface area contributed by atoms with Crippen LogP contribution in [0.4, 0.5) is 5.82 Å². The Labute approximate surface area is 203 Å². The van der Waals surface area contributed by atoms with Crippen molar-refractivity contribution in [3.8, 4) is 5.75 Å². The van der Waals surface area contributed by atoms with E-state index in [0.717, 1.165) is 30.8 Å². The first-order chi connectivity index (χ1) is 16.2. The van der Waals surface area contributed by atoms with Crippen LogP contribution < -0.4 is 10.1 Å². The van der Waals surface area contributed by atoms with Crippen LogP contribution in [-0.4, -0.2) is 22.7 Å². The molecule has 0 amide bonds. The van der Waals surface area contributed by atoms with Crippen molar-refractivity contribution in [3.05, 3.63) is 77.0 Å². The number of nitrogens with one attached hydrogen (secondary N) is 1. The van der Waals surface area contributed by atoms with Gasteiger partial charge in [0.25, 0.3) is 0 Å². The number of aromatic nitrogens is 2. The summed E-state index contributed by atoms with van der Waals surface area (Å²) in [6, 6.07) is 16.9. The summed E-state index contributed by atoms with van der Waals surface area (Å²) in [6.07, 6.45) is 4.92. The fourth-order valence-electron chi connectivity index (χ4n) is 5.31. The number of carbonyl (C=O) groups excluding carboxylic acids is 1. The molecule has 0 fully saturated rings. The summed E-state index contributed by atoms with van der Waals surface area (Å²) in [5, 5.41) is 8.31. The van der Waals surface area contributed by atoms with E-state index in [9.17, 15) is 4.79 Å². The lowest BCUT2D eigenvalue weighted by Crippen LogP contribution is -2.38. The van der Waals surface area contributed by atoms with Crippen molar-refractivity contribution in [1.82, 2.24) is 9.78 Å². The molecule has 34 heavy (non-hydrogen) atoms. The second-order valence-corrected chi connectivity index (χ2v) is 10.3. The molecule has 1 aliphatic heterocycles. The molecule has 2 aromatic carbocycles. The molecule has 5 heteroatoms. The van der Waals surface area contributed by atoms with Gasteiger partial charge in [-0.1, -0.05) is 55.8 Å². The van der Waals surface area contributed by atoms with E-state index in [2.05, 4.69) is 81.4 Å². The van der Waals surface area contributed by atoms with Crippen LogP contribution in [0.25, 0.3) is 0 Å². The fraction of sp³-hybridized carbons (Fsp3) is 0.448. The maximum Gasteiger partial charge on any atom is 0.169 e. The Morgan fingerprint density at radius 3 is 2.35 bits per heavy atom. The summed E-state index contributed by atoms with van der Waals surface area (Å²) in [5.74, 6) is 1.81. The Kier molecular flexibility index (Phi) is 6.57. The SMILES string of the molecule is CCC(CC)(CC(=O)c1cnn2c1NC(c1ccc(OC)cc1)CC2(C)C)c1ccc(C)cc1. The zero-order valence-electron chi connectivity index (χ0n) is 21.3. The van der Waals surface area contributed by atoms with Crippen molar-refractivity contribution in [2.24, 2.45) is 0 Å². The second kappa shape index (κ2) is 9.28. The monoisotopic (exact) mass is 459 g/mol. The van der Waals surface area contributed by atoms with Crippen LogP contribution >= 0.6 is 0 Å². The van der Waals surface area contributed by atoms with Crippen LogP contribution in [0.3, 0.4) is 0 Å². The van der Waals surface area contributed by atoms with Gasteiger partial charge in [-0.25, -0.2) is 4.68 Å². The van der Waals surface area contributed by atoms with E-state index in [4.69, 9.17) is 4.74 Å². The van der Waals surface area contributed by atoms with Gasteiger partial charge in [0, 0.05) is 11.8 Å². The fourth-order valence-corrected chi connectivity index (χ4v) is 5.31. The van der Waals surface area contributed by atoms with Crippen molar-refractivity contribution in [2.45, 2.75) is 77.3 Å². The van der Waals surface area contributed by atoms with E-state index < -0.39 is 0 Å². The van der Waals surface area contributed by atoms with Crippen LogP contribution in [0.1, 0.15) is 86.5 Å². The van der Waals surface area contributed by atoms with E-state index in [1.165, 1.54) is 16.7 Å². The molecule has 1 atom stereocenters. The first kappa shape index (κ1) is 24.1. The molecule has 1 N–H and O–H groups in total. The minimum atomic E-state index is -0.215. The smallest absolute Gasteiger partial charge is 0.169 e. The average molecular weight is 460 g/mol. The highest BCUT2D eigenvalue weighted by Gasteiger charge is 2.38. The largest absolute Gasteiger partial charge is 0.497 e. The number of benzene rings is 2. The summed E-state index contributed by atoms with van der Waals surface area (Å²) in [6.45, 7) is 10.8. The minimum absolute atomic E-state index is 0.0934. The molecule has 0 saturated heterocycles. The van der Waals surface area contributed by atoms with E-state index in [-0.39, 0.29) is 22.8 Å². The number of hydrogen-bond donors (Lipinski definition) is 1. The van der Waals surface area contributed by atoms with E-state index >= 15 is 0 Å². The Hall–Kier alpha value is -3.08. The molecule has 3 aromatic rings. The Morgan fingerprint density at radius 2 is 1.76 bits per heavy atom. The topological polar surface area (TPSA) is 56.2 Å². The number of carbonyl (C=O) groups is 1. The lowest BCUT2D eigenvalue weighted by Gasteiger charge is -2.38. The van der Waals surface area contributed by atoms with Gasteiger partial charge in [0.15, 0.2) is 5.78 Å². The predicted molar refractivity (Wildman–Crippen MR) is 138 cm³/mol. The Balaban J connectivity index is 1.66. The standard InChI is InChI=1S/C29H37N3O2/c1-7-29(8-2,22-13-9-20(3)10-14-22)18-26(33)24-19-30-32-27(24)31-25(17-28(32,4)5)21-11-15-23(34-6)16-12-21/h9-16,19,25,31H,7-8,17-18H2,1-6H3. The Morgan fingerprint density at radius 1 is 1.12 bits per heavy atom. The number of hydrogen-bond acceptors (Lipinski definition) is 4. The summed E-state index contributed by atoms with van der Waals surface area (Å²) in [4.78, 5) is 13.8. The zero-order valence-corrected chi connectivity index (χ0v) is 21.3. The maximum absolute atomic E-state index is 13.8. The molecule has 0 bridgehead atoms. The van der Waals surface area contributed by atoms with Gasteiger partial charge >= 0.3 is 0 Å². The molecule has 1 aromatic heterocycles. The third-order valence-corrected chi connectivity index (χ3v) is 7.69. The van der Waals surface area contributed by atoms with Crippen LogP contribution in [0, 0.1) is 6.92 Å². The lowest BCUT2D eigenvalue weighted by molar-refractivity contribution is 0.0944. The number of fused-ring (bicyclic) bond motifs is 1. The molecule has 0 spiro atoms. The Bertz CT molecular complexity index is 1140. The third kappa shape index (κ3) is 4.36. The molecule has 0 saturated carbocycles. The lowest BCUT2D eigenvalue weighted by atomic mass is 9.71. The second-order valence-electron chi connectivity index (χ2n) is 10.3. The number of anilines is 1. The van der Waals surface area contributed by atoms with Crippen molar-refractivity contribution in [3.63, 3.8) is 0 Å². The van der Waals surface area contributed by atoms with Crippen molar-refractivity contribution >= 4 is 11.6 Å². The number of ether oxygens (including phenoxy) is 1. The van der Waals surface area contributed by atoms with Gasteiger partial charge in [-0.2, -0.15) is 5.10 Å². The van der Waals surface area contributed by atoms with Crippen molar-refractivity contribution in [2.75, 3.05) is 12.4 Å². The van der Waals surface area contributed by atoms with Crippen molar-refractivity contribution in [1.29, 1.82) is 0 Å². The van der Waals surface area contributed by atoms with Gasteiger partial charge in [-0.3, -0.25) is 4.79 Å². The number of methoxy groups -OCH3 is 1. The first-order valence-corrected chi connectivity index (χ1v) is 12.3. The number of aryl methyl sites for hydroxylation is 1. The summed E-state index contributed by atoms with van der Waals surface area (Å²) < 4.78 is 7.32. The predicted octanol–water partition coefficient (Wildman–Crippen LogP) is 6.82. The molecular weight excluding hydrogens is 422 g/mol. The molecule has 1 aliphatic rings. The molecule has 180 valence electrons. The quantitative estimate of drug-likeness (QED) is 0.375. The number of rotatable bonds is 8. The summed E-state index contributed by atoms with van der Waals surface area (Å²) >= 11 is 0. The van der Waals surface area contributed by atoms with E-state index in [0.29, 0.717) is 12.0 Å². The highest BCUT2D eigenvalue weighted by atomic mass is 16.5. The molecule has 0 aliphatic carbocycles. The van der Waals surface area contributed by atoms with Crippen LogP contribution in [0.5, 0.6) is 5.75 Å². The molecule has 0 radical (unpaired) electrons. The molecular formula is C29H37N3O2. The van der Waals surface area contributed by atoms with Gasteiger partial charge in [0.2, 0.25) is 0 Å². The van der Waals surface area contributed by atoms with Gasteiger partial charge in [0.1, 0.15) is 11.6 Å². The third-order valence-electron chi connectivity index (χ3n) is 7.69. The van der Waals surface area contributed by atoms with Gasteiger partial charge in [-0.15, -0.1) is 0 Å². The highest BCUT2D eigenvalue weighted by molar-refractivity contribution is 6.01. The molecule has 1 unspecified atom stereocenters. The van der Waals surface area contributed by atoms with E-state index in [1.807, 2.05) is 16.8 Å². The molecule has 2 heterocycles. The molecule has 4 rings (SSSR count). The van der Waals surface area contributed by atoms with Crippen LogP contribution in [0.2, 0.25) is 0 Å². The number of nitrogens with zero attached hydrogens (tertiary/aromatic N) is 2. The average Bonchev–Trinajstić information content (AvgIpc) is 3.28. The molecule has 5 nitrogen and oxygen atoms in total. The number of Topliss-reactive ketones (excluding diaryl/α,β-unsaturated/α-hetero) is 1. The van der Waals surface area contributed by atoms with Crippen LogP contribution in [-0.2, 0) is 11.0 Å². The van der Waals surface area contributed by atoms with E-state index in [1.54, 1.807) is 13.3 Å².